The Labute approximate surface area is 438 Å². The predicted molar refractivity (Wildman–Crippen MR) is 302 cm³/mol. The molecule has 1 aromatic heterocycles. The van der Waals surface area contributed by atoms with Crippen molar-refractivity contribution >= 4 is 95.0 Å². The Balaban J connectivity index is 1.49. The number of hydrogen-bond acceptors (Lipinski definition) is 4. The summed E-state index contributed by atoms with van der Waals surface area (Å²) in [7, 11) is 0. The second kappa shape index (κ2) is 15.7. The molecule has 11 rings (SSSR count). The van der Waals surface area contributed by atoms with E-state index in [0.29, 0.717) is 40.1 Å². The van der Waals surface area contributed by atoms with Crippen LogP contribution in [0, 0.1) is 0 Å². The van der Waals surface area contributed by atoms with Crippen molar-refractivity contribution in [1.29, 1.82) is 0 Å². The molecule has 0 spiro atoms. The van der Waals surface area contributed by atoms with Crippen molar-refractivity contribution in [2.45, 2.75) is 130 Å². The van der Waals surface area contributed by atoms with Crippen molar-refractivity contribution in [2.24, 2.45) is 0 Å². The first-order valence-electron chi connectivity index (χ1n) is 31.6. The highest BCUT2D eigenvalue weighted by Gasteiger charge is 2.47. The minimum Gasteiger partial charge on any atom is -0.311 e. The van der Waals surface area contributed by atoms with Crippen molar-refractivity contribution in [3.8, 4) is 0 Å². The fourth-order valence-corrected chi connectivity index (χ4v) is 11.2. The fraction of sp³-hybridized carbons (Fsp3) is 0.312. The Morgan fingerprint density at radius 3 is 1.64 bits per heavy atom. The molecule has 0 radical (unpaired) electrons. The molecule has 2 aliphatic heterocycles. The Bertz CT molecular complexity index is 4110. The van der Waals surface area contributed by atoms with Crippen LogP contribution >= 0.6 is 11.3 Å². The van der Waals surface area contributed by atoms with Crippen LogP contribution in [0.4, 0.5) is 51.2 Å². The van der Waals surface area contributed by atoms with Crippen LogP contribution in [-0.2, 0) is 27.1 Å². The Morgan fingerprint density at radius 2 is 1.04 bits per heavy atom. The number of benzene rings is 7. The molecule has 0 unspecified atom stereocenters. The van der Waals surface area contributed by atoms with Gasteiger partial charge in [0.05, 0.1) is 31.9 Å². The minimum atomic E-state index is -1.31. The highest BCUT2D eigenvalue weighted by atomic mass is 32.1. The van der Waals surface area contributed by atoms with Gasteiger partial charge in [0.1, 0.15) is 0 Å². The van der Waals surface area contributed by atoms with Gasteiger partial charge in [0, 0.05) is 54.7 Å². The molecule has 1 aliphatic carbocycles. The molecule has 0 saturated heterocycles. The van der Waals surface area contributed by atoms with E-state index >= 15 is 0 Å². The van der Waals surface area contributed by atoms with Gasteiger partial charge in [-0.1, -0.05) is 163 Å². The number of fused-ring (bicyclic) bond motifs is 7. The lowest BCUT2D eigenvalue weighted by Crippen LogP contribution is -2.60. The van der Waals surface area contributed by atoms with Gasteiger partial charge in [0.2, 0.25) is 0 Å². The summed E-state index contributed by atoms with van der Waals surface area (Å²) in [6.45, 7) is 23.2. The summed E-state index contributed by atoms with van der Waals surface area (Å²) in [5.41, 5.74) is -2.13. The van der Waals surface area contributed by atoms with Crippen LogP contribution in [-0.4, -0.2) is 6.71 Å². The first-order chi connectivity index (χ1) is 38.9. The molecule has 3 aliphatic rings. The lowest BCUT2D eigenvalue weighted by molar-refractivity contribution is 0.332. The highest BCUT2D eigenvalue weighted by molar-refractivity contribution is 7.33. The first-order valence-corrected chi connectivity index (χ1v) is 24.9. The molecule has 0 atom stereocenters. The summed E-state index contributed by atoms with van der Waals surface area (Å²) in [5, 5.41) is 0.168. The van der Waals surface area contributed by atoms with Gasteiger partial charge in [-0.2, -0.15) is 0 Å². The second-order valence-corrected chi connectivity index (χ2v) is 24.4. The first kappa shape index (κ1) is 31.2. The predicted octanol–water partition coefficient (Wildman–Crippen LogP) is 16.7. The molecule has 3 heterocycles. The van der Waals surface area contributed by atoms with Crippen LogP contribution in [0.3, 0.4) is 0 Å². The molecule has 7 aromatic carbocycles. The lowest BCUT2D eigenvalue weighted by Gasteiger charge is -2.45. The van der Waals surface area contributed by atoms with E-state index in [1.807, 2.05) is 130 Å². The number of rotatable bonds is 5. The monoisotopic (exact) mass is 937 g/mol. The standard InChI is InChI=1S/C64H68BN3S/c1-60(2,3)41-24-28-46(29-25-41)67-53-32-26-43(62(7,8)9)37-52(53)65-57-54(67)39-48(66(44-20-16-14-17-21-44)45-22-18-15-19-23-45)40-55(57)68(47-30-31-50-51(38-47)64(12,13)35-34-63(50,10)11)58-49-36-42(61(4,5)6)27-33-56(49)69-59(58)65/h14-33,36-40H,34-35H2,1-13H3/i24D,25D,26D,27D,28D,29D,30D,31D,32D,33D,36D,37D,38D,39D,40D. The third-order valence-corrected chi connectivity index (χ3v) is 15.2. The zero-order chi connectivity index (χ0) is 61.6. The van der Waals surface area contributed by atoms with Gasteiger partial charge in [-0.15, -0.1) is 11.3 Å². The summed E-state index contributed by atoms with van der Waals surface area (Å²) < 4.78 is 154. The van der Waals surface area contributed by atoms with Crippen LogP contribution in [0.1, 0.15) is 151 Å². The Kier molecular flexibility index (Phi) is 7.13. The molecule has 5 heteroatoms. The molecule has 0 saturated carbocycles. The zero-order valence-electron chi connectivity index (χ0n) is 57.0. The normalized spacial score (nSPS) is 19.0. The van der Waals surface area contributed by atoms with Gasteiger partial charge < -0.3 is 14.7 Å². The van der Waals surface area contributed by atoms with Crippen LogP contribution in [0.25, 0.3) is 10.1 Å². The van der Waals surface area contributed by atoms with E-state index in [-0.39, 0.29) is 150 Å². The largest absolute Gasteiger partial charge is 0.311 e. The fourth-order valence-electron chi connectivity index (χ4n) is 9.96. The van der Waals surface area contributed by atoms with Crippen LogP contribution in [0.15, 0.2) is 151 Å². The zero-order valence-corrected chi connectivity index (χ0v) is 42.8. The molecule has 0 fully saturated rings. The third-order valence-electron chi connectivity index (χ3n) is 14.1. The van der Waals surface area contributed by atoms with Gasteiger partial charge >= 0.3 is 0 Å². The van der Waals surface area contributed by atoms with Gasteiger partial charge in [-0.3, -0.25) is 0 Å². The maximum Gasteiger partial charge on any atom is 0.264 e. The van der Waals surface area contributed by atoms with Crippen LogP contribution in [0.5, 0.6) is 0 Å². The van der Waals surface area contributed by atoms with Gasteiger partial charge in [0.25, 0.3) is 6.71 Å². The molecular weight excluding hydrogens is 854 g/mol. The van der Waals surface area contributed by atoms with Gasteiger partial charge in [-0.25, -0.2) is 0 Å². The summed E-state index contributed by atoms with van der Waals surface area (Å²) in [4.78, 5) is 4.63. The number of anilines is 9. The van der Waals surface area contributed by atoms with Crippen molar-refractivity contribution in [1.82, 2.24) is 0 Å². The van der Waals surface area contributed by atoms with E-state index in [1.54, 1.807) is 30.6 Å². The average Bonchev–Trinajstić information content (AvgIpc) is 1.13. The third kappa shape index (κ3) is 7.53. The Hall–Kier alpha value is -6.04. The van der Waals surface area contributed by atoms with E-state index in [4.69, 9.17) is 0 Å². The summed E-state index contributed by atoms with van der Waals surface area (Å²) >= 11 is 1.06. The van der Waals surface area contributed by atoms with E-state index in [2.05, 4.69) is 0 Å². The van der Waals surface area contributed by atoms with Gasteiger partial charge in [-0.05, 0) is 157 Å². The smallest absolute Gasteiger partial charge is 0.264 e. The van der Waals surface area contributed by atoms with Crippen molar-refractivity contribution in [2.75, 3.05) is 14.7 Å². The molecule has 0 N–H and O–H groups in total. The number of para-hydroxylation sites is 2. The molecule has 0 amide bonds. The second-order valence-electron chi connectivity index (χ2n) is 23.3. The Morgan fingerprint density at radius 1 is 0.522 bits per heavy atom. The number of hydrogen-bond donors (Lipinski definition) is 0. The number of nitrogens with zero attached hydrogens (tertiary/aromatic N) is 3. The maximum atomic E-state index is 11.2. The van der Waals surface area contributed by atoms with E-state index < -0.39 is 51.9 Å². The lowest BCUT2D eigenvalue weighted by atomic mass is 9.36. The van der Waals surface area contributed by atoms with Crippen LogP contribution in [0.2, 0.25) is 0 Å². The number of thiophene rings is 1. The highest BCUT2D eigenvalue weighted by Crippen LogP contribution is 2.53. The maximum absolute atomic E-state index is 11.2. The molecule has 8 aromatic rings. The summed E-state index contributed by atoms with van der Waals surface area (Å²) in [6.07, 6.45) is 1.29. The topological polar surface area (TPSA) is 9.72 Å². The molecule has 348 valence electrons. The van der Waals surface area contributed by atoms with E-state index in [0.717, 1.165) is 11.3 Å². The van der Waals surface area contributed by atoms with Crippen molar-refractivity contribution in [3.63, 3.8) is 0 Å². The molecule has 69 heavy (non-hydrogen) atoms. The van der Waals surface area contributed by atoms with E-state index in [1.165, 1.54) is 4.90 Å². The summed E-state index contributed by atoms with van der Waals surface area (Å²) in [6, 6.07) is 13.5. The average molecular weight is 937 g/mol. The van der Waals surface area contributed by atoms with Crippen molar-refractivity contribution < 1.29 is 20.6 Å². The quantitative estimate of drug-likeness (QED) is 0.159. The van der Waals surface area contributed by atoms with Crippen LogP contribution < -0.4 is 30.4 Å². The van der Waals surface area contributed by atoms with Gasteiger partial charge in [0.15, 0.2) is 0 Å². The molecule has 3 nitrogen and oxygen atoms in total. The SMILES string of the molecule is [2H]c1c([2H])c(C(C)(C)C)c([2H])c([2H])c1N1c2c([2H])c([2H])c(C(C)(C)C)c([2H])c2B2c3sc4c([2H])c([2H])c(C(C)(C)C)c([2H])c4c3N(c3c([2H])c([2H])c4c(c3[2H])C(C)(C)CCC4(C)C)c3c([2H])c(N(c4ccccc4)c4ccccc4)c([2H])c1c32. The summed E-state index contributed by atoms with van der Waals surface area (Å²) in [5.74, 6) is 0. The minimum absolute atomic E-state index is 0.0483. The molecule has 0 bridgehead atoms. The van der Waals surface area contributed by atoms with E-state index in [9.17, 15) is 20.6 Å². The molecular formula is C64H68BN3S. The van der Waals surface area contributed by atoms with Crippen molar-refractivity contribution in [3.05, 3.63) is 179 Å².